The molecule has 350 valence electrons. The Balaban J connectivity index is 0.000000133. The smallest absolute Gasteiger partial charge is 0.140 e. The number of H-pyrrole nitrogens is 1. The largest absolute Gasteiger partial charge is 0.494 e. The van der Waals surface area contributed by atoms with E-state index in [1.54, 1.807) is 6.20 Å². The number of nitrogens with one attached hydrogen (secondary N) is 1. The van der Waals surface area contributed by atoms with Crippen LogP contribution in [0.3, 0.4) is 0 Å². The van der Waals surface area contributed by atoms with Gasteiger partial charge in [0.25, 0.3) is 0 Å². The minimum absolute atomic E-state index is 0.677. The summed E-state index contributed by atoms with van der Waals surface area (Å²) in [6.07, 6.45) is 5.74. The minimum atomic E-state index is 0.677. The molecule has 1 N–H and O–H groups in total. The monoisotopic (exact) mass is 922 g/mol. The molecule has 70 heavy (non-hydrogen) atoms. The molecule has 4 aromatic heterocycles. The maximum absolute atomic E-state index is 5.57. The molecule has 0 spiro atoms. The lowest BCUT2D eigenvalue weighted by Gasteiger charge is -2.12. The third kappa shape index (κ3) is 11.3. The molecule has 0 bridgehead atoms. The second kappa shape index (κ2) is 22.1. The first-order valence-corrected chi connectivity index (χ1v) is 24.0. The summed E-state index contributed by atoms with van der Waals surface area (Å²) in [5.41, 5.74) is 14.8. The summed E-state index contributed by atoms with van der Waals surface area (Å²) in [7, 11) is 0. The van der Waals surface area contributed by atoms with Crippen molar-refractivity contribution >= 4 is 22.1 Å². The highest BCUT2D eigenvalue weighted by Crippen LogP contribution is 2.32. The summed E-state index contributed by atoms with van der Waals surface area (Å²) in [5.74, 6) is 3.70. The van der Waals surface area contributed by atoms with Crippen LogP contribution in [0.25, 0.3) is 67.2 Å². The van der Waals surface area contributed by atoms with E-state index in [0.717, 1.165) is 86.3 Å². The van der Waals surface area contributed by atoms with Crippen LogP contribution < -0.4 is 14.2 Å². The lowest BCUT2D eigenvalue weighted by molar-refractivity contribution is 0.340. The van der Waals surface area contributed by atoms with Crippen molar-refractivity contribution in [3.8, 4) is 62.4 Å². The number of ether oxygens (including phenoxy) is 3. The van der Waals surface area contributed by atoms with Crippen LogP contribution in [0, 0.1) is 13.8 Å². The van der Waals surface area contributed by atoms with Gasteiger partial charge in [0, 0.05) is 59.3 Å². The third-order valence-electron chi connectivity index (χ3n) is 12.0. The third-order valence-corrected chi connectivity index (χ3v) is 12.0. The SMILES string of the molecule is CCOc1ccc(-c2cc3cccn(Cc4ccc(C)cc4)c-3n2)cc1.CCOc1ccc(-c2cc3cccnc3[nH]2)cc1.CCOc1ccc(-c2cc3cccnc3n2Cc2ccc(C)cc2)cc1. The van der Waals surface area contributed by atoms with Crippen molar-refractivity contribution in [3.05, 3.63) is 217 Å². The normalized spacial score (nSPS) is 10.9. The van der Waals surface area contributed by atoms with Crippen molar-refractivity contribution in [2.75, 3.05) is 19.8 Å². The molecule has 6 heterocycles. The van der Waals surface area contributed by atoms with Gasteiger partial charge in [-0.15, -0.1) is 0 Å². The van der Waals surface area contributed by atoms with Gasteiger partial charge in [-0.25, -0.2) is 15.0 Å². The number of fused-ring (bicyclic) bond motifs is 3. The van der Waals surface area contributed by atoms with Gasteiger partial charge in [0.1, 0.15) is 34.4 Å². The van der Waals surface area contributed by atoms with Gasteiger partial charge < -0.3 is 28.3 Å². The second-order valence-electron chi connectivity index (χ2n) is 17.1. The molecule has 9 aromatic rings. The minimum Gasteiger partial charge on any atom is -0.494 e. The molecule has 0 radical (unpaired) electrons. The molecule has 0 unspecified atom stereocenters. The van der Waals surface area contributed by atoms with E-state index >= 15 is 0 Å². The second-order valence-corrected chi connectivity index (χ2v) is 17.1. The van der Waals surface area contributed by atoms with Crippen molar-refractivity contribution in [3.63, 3.8) is 0 Å². The number of aromatic nitrogens is 6. The van der Waals surface area contributed by atoms with Crippen LogP contribution in [0.4, 0.5) is 0 Å². The van der Waals surface area contributed by atoms with Gasteiger partial charge in [-0.3, -0.25) is 0 Å². The highest BCUT2D eigenvalue weighted by molar-refractivity contribution is 5.85. The van der Waals surface area contributed by atoms with Crippen molar-refractivity contribution < 1.29 is 14.2 Å². The Labute approximate surface area is 410 Å². The van der Waals surface area contributed by atoms with Gasteiger partial charge in [0.2, 0.25) is 0 Å². The Hall–Kier alpha value is -8.43. The summed E-state index contributed by atoms with van der Waals surface area (Å²) in [4.78, 5) is 17.1. The predicted molar refractivity (Wildman–Crippen MR) is 285 cm³/mol. The quantitative estimate of drug-likeness (QED) is 0.124. The maximum Gasteiger partial charge on any atom is 0.140 e. The van der Waals surface area contributed by atoms with E-state index < -0.39 is 0 Å². The van der Waals surface area contributed by atoms with Gasteiger partial charge >= 0.3 is 0 Å². The molecule has 0 atom stereocenters. The average molecular weight is 923 g/mol. The average Bonchev–Trinajstić information content (AvgIpc) is 4.13. The Morgan fingerprint density at radius 3 is 1.61 bits per heavy atom. The highest BCUT2D eigenvalue weighted by atomic mass is 16.5. The number of aromatic amines is 1. The van der Waals surface area contributed by atoms with Crippen LogP contribution in [-0.2, 0) is 13.1 Å². The lowest BCUT2D eigenvalue weighted by atomic mass is 10.1. The fourth-order valence-electron chi connectivity index (χ4n) is 8.41. The first kappa shape index (κ1) is 46.7. The lowest BCUT2D eigenvalue weighted by Crippen LogP contribution is -2.04. The fraction of sp³-hybridized carbons (Fsp3) is 0.164. The number of benzene rings is 5. The number of nitrogens with zero attached hydrogens (tertiary/aromatic N) is 5. The Morgan fingerprint density at radius 2 is 1.03 bits per heavy atom. The first-order valence-electron chi connectivity index (χ1n) is 24.0. The number of pyridine rings is 3. The maximum atomic E-state index is 5.57. The molecule has 0 saturated heterocycles. The van der Waals surface area contributed by atoms with E-state index in [1.807, 2.05) is 75.5 Å². The van der Waals surface area contributed by atoms with E-state index in [1.165, 1.54) is 33.5 Å². The Morgan fingerprint density at radius 1 is 0.486 bits per heavy atom. The molecule has 0 fully saturated rings. The van der Waals surface area contributed by atoms with E-state index in [4.69, 9.17) is 19.2 Å². The van der Waals surface area contributed by atoms with Crippen LogP contribution in [-0.4, -0.2) is 48.9 Å². The predicted octanol–water partition coefficient (Wildman–Crippen LogP) is 14.5. The molecular formula is C61H58N6O3. The van der Waals surface area contributed by atoms with Crippen molar-refractivity contribution in [1.29, 1.82) is 0 Å². The molecule has 2 aliphatic heterocycles. The van der Waals surface area contributed by atoms with Gasteiger partial charge in [-0.1, -0.05) is 59.7 Å². The first-order chi connectivity index (χ1) is 34.3. The van der Waals surface area contributed by atoms with Gasteiger partial charge in [0.05, 0.1) is 31.2 Å². The van der Waals surface area contributed by atoms with Crippen LogP contribution in [0.5, 0.6) is 17.2 Å². The van der Waals surface area contributed by atoms with E-state index in [-0.39, 0.29) is 0 Å². The molecule has 9 nitrogen and oxygen atoms in total. The Bertz CT molecular complexity index is 3320. The molecular weight excluding hydrogens is 865 g/mol. The topological polar surface area (TPSA) is 92.0 Å². The molecule has 9 heteroatoms. The van der Waals surface area contributed by atoms with Crippen LogP contribution in [0.2, 0.25) is 0 Å². The standard InChI is InChI=1S/2C23H22N2O.C15H14N2O/c1-3-26-21-12-10-19(11-13-21)22-15-20-5-4-14-25(23(20)24-22)16-18-8-6-17(2)7-9-18;1-3-26-21-12-10-19(11-13-21)22-15-20-5-4-14-24-23(20)25(22)16-18-8-6-17(2)7-9-18;1-2-18-13-7-5-11(6-8-13)14-10-12-4-3-9-16-15(12)17-14/h2*4-15H,3,16H2,1-2H3;3-10H,2H2,1H3,(H,16,17). The molecule has 2 aliphatic rings. The molecule has 0 amide bonds. The van der Waals surface area contributed by atoms with Gasteiger partial charge in [0.15, 0.2) is 0 Å². The van der Waals surface area contributed by atoms with Gasteiger partial charge in [-0.2, -0.15) is 0 Å². The van der Waals surface area contributed by atoms with E-state index in [2.05, 4.69) is 172 Å². The summed E-state index contributed by atoms with van der Waals surface area (Å²) in [6, 6.07) is 60.6. The Kier molecular flexibility index (Phi) is 14.7. The van der Waals surface area contributed by atoms with Crippen LogP contribution in [0.1, 0.15) is 43.0 Å². The number of hydrogen-bond donors (Lipinski definition) is 1. The molecule has 11 rings (SSSR count). The number of rotatable bonds is 13. The fourth-order valence-corrected chi connectivity index (χ4v) is 8.41. The molecule has 0 saturated carbocycles. The number of aryl methyl sites for hydroxylation is 2. The molecule has 0 aliphatic carbocycles. The van der Waals surface area contributed by atoms with E-state index in [9.17, 15) is 0 Å². The number of hydrogen-bond acceptors (Lipinski definition) is 6. The summed E-state index contributed by atoms with van der Waals surface area (Å²) >= 11 is 0. The van der Waals surface area contributed by atoms with Crippen molar-refractivity contribution in [1.82, 2.24) is 29.1 Å². The highest BCUT2D eigenvalue weighted by Gasteiger charge is 2.15. The van der Waals surface area contributed by atoms with Crippen molar-refractivity contribution in [2.24, 2.45) is 0 Å². The summed E-state index contributed by atoms with van der Waals surface area (Å²) in [6.45, 7) is 13.9. The summed E-state index contributed by atoms with van der Waals surface area (Å²) in [5, 5.41) is 2.28. The molecule has 5 aromatic carbocycles. The van der Waals surface area contributed by atoms with E-state index in [0.29, 0.717) is 19.8 Å². The zero-order chi connectivity index (χ0) is 48.2. The summed E-state index contributed by atoms with van der Waals surface area (Å²) < 4.78 is 21.0. The zero-order valence-corrected chi connectivity index (χ0v) is 40.5. The van der Waals surface area contributed by atoms with Crippen LogP contribution >= 0.6 is 0 Å². The van der Waals surface area contributed by atoms with Gasteiger partial charge in [-0.05, 0) is 184 Å². The van der Waals surface area contributed by atoms with Crippen LogP contribution in [0.15, 0.2) is 195 Å². The van der Waals surface area contributed by atoms with Crippen molar-refractivity contribution in [2.45, 2.75) is 47.7 Å². The zero-order valence-electron chi connectivity index (χ0n) is 40.5.